The van der Waals surface area contributed by atoms with E-state index in [9.17, 15) is 10.1 Å². The highest BCUT2D eigenvalue weighted by Gasteiger charge is 2.31. The first kappa shape index (κ1) is 21.4. The van der Waals surface area contributed by atoms with Crippen molar-refractivity contribution < 1.29 is 4.79 Å². The first-order valence-corrected chi connectivity index (χ1v) is 12.0. The molecular weight excluding hydrogens is 410 g/mol. The molecule has 33 heavy (non-hydrogen) atoms. The minimum absolute atomic E-state index is 0.152. The van der Waals surface area contributed by atoms with Crippen molar-refractivity contribution in [1.29, 1.82) is 5.26 Å². The van der Waals surface area contributed by atoms with Crippen LogP contribution in [0.15, 0.2) is 42.7 Å². The number of hydrogen-bond acceptors (Lipinski definition) is 5. The van der Waals surface area contributed by atoms with Crippen LogP contribution in [0.5, 0.6) is 0 Å². The van der Waals surface area contributed by atoms with Crippen molar-refractivity contribution in [1.82, 2.24) is 15.3 Å². The number of hydrogen-bond donors (Lipinski definition) is 1. The van der Waals surface area contributed by atoms with Gasteiger partial charge in [-0.3, -0.25) is 9.78 Å². The van der Waals surface area contributed by atoms with E-state index in [0.717, 1.165) is 72.1 Å². The Hall–Kier alpha value is -3.46. The van der Waals surface area contributed by atoms with Crippen LogP contribution in [-0.2, 0) is 4.79 Å². The first-order chi connectivity index (χ1) is 16.2. The molecule has 0 unspecified atom stereocenters. The predicted octanol–water partition coefficient (Wildman–Crippen LogP) is 4.79. The van der Waals surface area contributed by atoms with Gasteiger partial charge >= 0.3 is 0 Å². The third-order valence-corrected chi connectivity index (χ3v) is 6.51. The molecule has 2 aromatic heterocycles. The largest absolute Gasteiger partial charge is 0.354 e. The van der Waals surface area contributed by atoms with Crippen LogP contribution in [0.25, 0.3) is 21.9 Å². The third-order valence-electron chi connectivity index (χ3n) is 6.51. The summed E-state index contributed by atoms with van der Waals surface area (Å²) in [5, 5.41) is 15.3. The van der Waals surface area contributed by atoms with Crippen molar-refractivity contribution in [2.24, 2.45) is 5.92 Å². The number of rotatable bonds is 9. The quantitative estimate of drug-likeness (QED) is 0.518. The van der Waals surface area contributed by atoms with Gasteiger partial charge in [0.1, 0.15) is 11.9 Å². The van der Waals surface area contributed by atoms with E-state index in [0.29, 0.717) is 24.6 Å². The van der Waals surface area contributed by atoms with E-state index >= 15 is 0 Å². The molecule has 0 aliphatic heterocycles. The number of pyridine rings is 2. The maximum absolute atomic E-state index is 12.1. The number of fused-ring (bicyclic) bond motifs is 1. The number of amides is 1. The molecule has 2 aliphatic rings. The molecule has 1 aromatic carbocycles. The lowest BCUT2D eigenvalue weighted by atomic mass is 9.95. The molecule has 2 aliphatic carbocycles. The van der Waals surface area contributed by atoms with Gasteiger partial charge < -0.3 is 10.2 Å². The monoisotopic (exact) mass is 439 g/mol. The first-order valence-electron chi connectivity index (χ1n) is 12.0. The van der Waals surface area contributed by atoms with Crippen LogP contribution in [0.3, 0.4) is 0 Å². The number of anilines is 1. The minimum atomic E-state index is 0.152. The topological polar surface area (TPSA) is 81.9 Å². The Labute approximate surface area is 194 Å². The maximum atomic E-state index is 12.1. The van der Waals surface area contributed by atoms with Gasteiger partial charge in [-0.2, -0.15) is 5.26 Å². The second-order valence-corrected chi connectivity index (χ2v) is 9.13. The smallest absolute Gasteiger partial charge is 0.223 e. The molecule has 0 radical (unpaired) electrons. The number of nitrogens with zero attached hydrogens (tertiary/aromatic N) is 4. The van der Waals surface area contributed by atoms with Gasteiger partial charge in [0.05, 0.1) is 11.3 Å². The van der Waals surface area contributed by atoms with Gasteiger partial charge in [0, 0.05) is 54.8 Å². The summed E-state index contributed by atoms with van der Waals surface area (Å²) in [5.74, 6) is 1.53. The molecule has 0 saturated heterocycles. The summed E-state index contributed by atoms with van der Waals surface area (Å²) in [6.07, 6.45) is 8.89. The van der Waals surface area contributed by atoms with E-state index in [1.807, 2.05) is 30.6 Å². The molecule has 2 saturated carbocycles. The fraction of sp³-hybridized carbons (Fsp3) is 0.407. The zero-order valence-electron chi connectivity index (χ0n) is 19.1. The molecule has 1 N–H and O–H groups in total. The minimum Gasteiger partial charge on any atom is -0.354 e. The average molecular weight is 440 g/mol. The van der Waals surface area contributed by atoms with Crippen molar-refractivity contribution in [3.8, 4) is 17.2 Å². The Kier molecular flexibility index (Phi) is 5.95. The molecule has 2 fully saturated rings. The highest BCUT2D eigenvalue weighted by Crippen LogP contribution is 2.46. The Bertz CT molecular complexity index is 1220. The van der Waals surface area contributed by atoms with Gasteiger partial charge in [-0.05, 0) is 55.2 Å². The van der Waals surface area contributed by atoms with Gasteiger partial charge in [0.15, 0.2) is 0 Å². The van der Waals surface area contributed by atoms with Crippen LogP contribution >= 0.6 is 0 Å². The predicted molar refractivity (Wildman–Crippen MR) is 130 cm³/mol. The molecule has 6 nitrogen and oxygen atoms in total. The molecule has 168 valence electrons. The summed E-state index contributed by atoms with van der Waals surface area (Å²) in [5.41, 5.74) is 3.82. The fourth-order valence-corrected chi connectivity index (χ4v) is 4.48. The number of nitriles is 1. The van der Waals surface area contributed by atoms with Crippen LogP contribution in [0, 0.1) is 17.2 Å². The van der Waals surface area contributed by atoms with Crippen LogP contribution < -0.4 is 10.2 Å². The normalized spacial score (nSPS) is 15.3. The Morgan fingerprint density at radius 1 is 1.18 bits per heavy atom. The Balaban J connectivity index is 1.52. The number of nitrogens with one attached hydrogen (secondary N) is 1. The van der Waals surface area contributed by atoms with Gasteiger partial charge in [-0.25, -0.2) is 4.98 Å². The van der Waals surface area contributed by atoms with Crippen LogP contribution in [-0.4, -0.2) is 35.5 Å². The highest BCUT2D eigenvalue weighted by molar-refractivity contribution is 5.97. The summed E-state index contributed by atoms with van der Waals surface area (Å²) in [6, 6.07) is 12.7. The lowest BCUT2D eigenvalue weighted by molar-refractivity contribution is -0.122. The zero-order chi connectivity index (χ0) is 22.8. The van der Waals surface area contributed by atoms with E-state index in [1.165, 1.54) is 0 Å². The molecule has 5 rings (SSSR count). The van der Waals surface area contributed by atoms with Gasteiger partial charge in [0.2, 0.25) is 5.91 Å². The third kappa shape index (κ3) is 4.54. The van der Waals surface area contributed by atoms with E-state index in [4.69, 9.17) is 4.98 Å². The molecule has 0 bridgehead atoms. The summed E-state index contributed by atoms with van der Waals surface area (Å²) in [4.78, 5) is 23.6. The number of benzene rings is 1. The van der Waals surface area contributed by atoms with E-state index in [1.54, 1.807) is 0 Å². The van der Waals surface area contributed by atoms with Crippen molar-refractivity contribution in [2.45, 2.75) is 44.9 Å². The number of carbonyl (C=O) groups is 1. The van der Waals surface area contributed by atoms with Crippen molar-refractivity contribution in [3.05, 3.63) is 54.0 Å². The van der Waals surface area contributed by atoms with E-state index < -0.39 is 0 Å². The standard InChI is InChI=1S/C27H29N5O/c1-2-13-32(14-12-30-27(33)19-8-9-19)26-21(16-28)15-24(25(31-26)18-6-7-18)23-5-3-4-20-17-29-11-10-22(20)23/h3-5,10-11,15,17-19H,2,6-9,12-14H2,1H3,(H,30,33). The van der Waals surface area contributed by atoms with Crippen LogP contribution in [0.2, 0.25) is 0 Å². The molecule has 2 heterocycles. The van der Waals surface area contributed by atoms with Crippen molar-refractivity contribution >= 4 is 22.5 Å². The lowest BCUT2D eigenvalue weighted by Crippen LogP contribution is -2.37. The summed E-state index contributed by atoms with van der Waals surface area (Å²) < 4.78 is 0. The molecular formula is C27H29N5O. The molecule has 0 atom stereocenters. The highest BCUT2D eigenvalue weighted by atomic mass is 16.2. The van der Waals surface area contributed by atoms with Gasteiger partial charge in [-0.1, -0.05) is 25.1 Å². The fourth-order valence-electron chi connectivity index (χ4n) is 4.48. The molecule has 6 heteroatoms. The zero-order valence-corrected chi connectivity index (χ0v) is 19.1. The van der Waals surface area contributed by atoms with Gasteiger partial charge in [-0.15, -0.1) is 0 Å². The summed E-state index contributed by atoms with van der Waals surface area (Å²) in [7, 11) is 0. The van der Waals surface area contributed by atoms with E-state index in [2.05, 4.69) is 40.3 Å². The summed E-state index contributed by atoms with van der Waals surface area (Å²) in [6.45, 7) is 4.14. The second-order valence-electron chi connectivity index (χ2n) is 9.13. The Morgan fingerprint density at radius 3 is 2.76 bits per heavy atom. The van der Waals surface area contributed by atoms with Crippen molar-refractivity contribution in [2.75, 3.05) is 24.5 Å². The summed E-state index contributed by atoms with van der Waals surface area (Å²) >= 11 is 0. The Morgan fingerprint density at radius 2 is 2.03 bits per heavy atom. The number of carbonyl (C=O) groups excluding carboxylic acids is 1. The maximum Gasteiger partial charge on any atom is 0.223 e. The van der Waals surface area contributed by atoms with Gasteiger partial charge in [0.25, 0.3) is 0 Å². The van der Waals surface area contributed by atoms with Crippen LogP contribution in [0.1, 0.15) is 56.2 Å². The number of aromatic nitrogens is 2. The van der Waals surface area contributed by atoms with Crippen molar-refractivity contribution in [3.63, 3.8) is 0 Å². The van der Waals surface area contributed by atoms with E-state index in [-0.39, 0.29) is 11.8 Å². The van der Waals surface area contributed by atoms with Crippen LogP contribution in [0.4, 0.5) is 5.82 Å². The second kappa shape index (κ2) is 9.19. The SMILES string of the molecule is CCCN(CCNC(=O)C1CC1)c1nc(C2CC2)c(-c2cccc3cnccc23)cc1C#N. The lowest BCUT2D eigenvalue weighted by Gasteiger charge is -2.26. The molecule has 0 spiro atoms. The average Bonchev–Trinajstić information content (AvgIpc) is 3.75. The molecule has 1 amide bonds. The molecule has 3 aromatic rings.